The molecule has 1 aromatic rings. The van der Waals surface area contributed by atoms with E-state index in [1.54, 1.807) is 0 Å². The molecule has 0 amide bonds. The van der Waals surface area contributed by atoms with E-state index in [0.717, 1.165) is 6.33 Å². The van der Waals surface area contributed by atoms with Gasteiger partial charge in [-0.05, 0) is 12.8 Å². The molecule has 4 N–H and O–H groups in total. The minimum Gasteiger partial charge on any atom is -0.361 e. The maximum Gasteiger partial charge on any atom is 0.354 e. The molecule has 10 nitrogen and oxygen atoms in total. The molecule has 0 atom stereocenters. The van der Waals surface area contributed by atoms with Crippen molar-refractivity contribution in [3.63, 3.8) is 0 Å². The van der Waals surface area contributed by atoms with Crippen molar-refractivity contribution in [1.82, 2.24) is 9.97 Å². The Morgan fingerprint density at radius 3 is 2.45 bits per heavy atom. The summed E-state index contributed by atoms with van der Waals surface area (Å²) in [5.41, 5.74) is 1.78. The molecule has 1 aliphatic rings. The molecular weight excluding hydrogens is 288 g/mol. The molecule has 1 fully saturated rings. The Balaban J connectivity index is 2.20. The zero-order valence-corrected chi connectivity index (χ0v) is 11.3. The summed E-state index contributed by atoms with van der Waals surface area (Å²) < 4.78 is 22.7. The van der Waals surface area contributed by atoms with Gasteiger partial charge in [0.15, 0.2) is 0 Å². The Morgan fingerprint density at radius 2 is 1.90 bits per heavy atom. The van der Waals surface area contributed by atoms with Gasteiger partial charge in [-0.3, -0.25) is 10.1 Å². The average molecular weight is 302 g/mol. The van der Waals surface area contributed by atoms with Crippen molar-refractivity contribution in [3.8, 4) is 0 Å². The van der Waals surface area contributed by atoms with E-state index in [4.69, 9.17) is 5.84 Å². The van der Waals surface area contributed by atoms with Crippen molar-refractivity contribution in [2.75, 3.05) is 22.2 Å². The number of sulfone groups is 1. The fourth-order valence-corrected chi connectivity index (χ4v) is 3.48. The number of nitro groups is 1. The highest BCUT2D eigenvalue weighted by Gasteiger charge is 2.28. The standard InChI is InChI=1S/C9H14N6O4S/c10-14-9-7(15(16)17)8(11-5-12-9)13-6-1-3-20(18,19)4-2-6/h5-6H,1-4,10H2,(H2,11,12,13,14). The molecule has 0 bridgehead atoms. The average Bonchev–Trinajstić information content (AvgIpc) is 2.40. The van der Waals surface area contributed by atoms with E-state index in [1.165, 1.54) is 0 Å². The first kappa shape index (κ1) is 14.4. The first-order valence-corrected chi connectivity index (χ1v) is 7.68. The molecule has 2 rings (SSSR count). The summed E-state index contributed by atoms with van der Waals surface area (Å²) in [6.07, 6.45) is 1.91. The fraction of sp³-hybridized carbons (Fsp3) is 0.556. The summed E-state index contributed by atoms with van der Waals surface area (Å²) in [6, 6.07) is -0.183. The third kappa shape index (κ3) is 3.11. The van der Waals surface area contributed by atoms with Crippen LogP contribution in [0.3, 0.4) is 0 Å². The molecule has 1 aromatic heterocycles. The monoisotopic (exact) mass is 302 g/mol. The minimum atomic E-state index is -2.99. The van der Waals surface area contributed by atoms with Crippen molar-refractivity contribution in [1.29, 1.82) is 0 Å². The molecule has 1 aliphatic heterocycles. The molecule has 1 saturated heterocycles. The second kappa shape index (κ2) is 5.54. The quantitative estimate of drug-likeness (QED) is 0.385. The maximum atomic E-state index is 11.3. The second-order valence-corrected chi connectivity index (χ2v) is 6.70. The Kier molecular flexibility index (Phi) is 3.99. The van der Waals surface area contributed by atoms with Crippen LogP contribution in [-0.2, 0) is 9.84 Å². The second-order valence-electron chi connectivity index (χ2n) is 4.39. The van der Waals surface area contributed by atoms with Crippen LogP contribution in [0, 0.1) is 10.1 Å². The van der Waals surface area contributed by atoms with Crippen LogP contribution in [0.4, 0.5) is 17.3 Å². The van der Waals surface area contributed by atoms with Gasteiger partial charge in [0.2, 0.25) is 11.6 Å². The highest BCUT2D eigenvalue weighted by Crippen LogP contribution is 2.29. The number of nitrogens with zero attached hydrogens (tertiary/aromatic N) is 3. The van der Waals surface area contributed by atoms with Crippen LogP contribution in [0.25, 0.3) is 0 Å². The predicted molar refractivity (Wildman–Crippen MR) is 71.8 cm³/mol. The van der Waals surface area contributed by atoms with Gasteiger partial charge in [-0.2, -0.15) is 0 Å². The van der Waals surface area contributed by atoms with Gasteiger partial charge in [0, 0.05) is 6.04 Å². The lowest BCUT2D eigenvalue weighted by molar-refractivity contribution is -0.383. The van der Waals surface area contributed by atoms with Crippen LogP contribution in [0.5, 0.6) is 0 Å². The smallest absolute Gasteiger partial charge is 0.354 e. The van der Waals surface area contributed by atoms with Crippen LogP contribution < -0.4 is 16.6 Å². The topological polar surface area (TPSA) is 153 Å². The molecule has 20 heavy (non-hydrogen) atoms. The lowest BCUT2D eigenvalue weighted by atomic mass is 10.1. The molecule has 0 saturated carbocycles. The maximum absolute atomic E-state index is 11.3. The number of nitrogen functional groups attached to an aromatic ring is 1. The number of rotatable bonds is 4. The number of hydrazine groups is 1. The summed E-state index contributed by atoms with van der Waals surface area (Å²) in [4.78, 5) is 17.9. The van der Waals surface area contributed by atoms with Gasteiger partial charge in [0.05, 0.1) is 16.4 Å². The van der Waals surface area contributed by atoms with E-state index >= 15 is 0 Å². The number of anilines is 2. The third-order valence-electron chi connectivity index (χ3n) is 3.04. The van der Waals surface area contributed by atoms with E-state index in [1.807, 2.05) is 0 Å². The number of nitrogens with one attached hydrogen (secondary N) is 2. The third-order valence-corrected chi connectivity index (χ3v) is 4.75. The SMILES string of the molecule is NNc1ncnc(NC2CCS(=O)(=O)CC2)c1[N+](=O)[O-]. The van der Waals surface area contributed by atoms with Crippen LogP contribution in [0.1, 0.15) is 12.8 Å². The molecule has 0 spiro atoms. The van der Waals surface area contributed by atoms with Gasteiger partial charge in [0.1, 0.15) is 16.2 Å². The Morgan fingerprint density at radius 1 is 1.30 bits per heavy atom. The molecule has 2 heterocycles. The van der Waals surface area contributed by atoms with E-state index in [2.05, 4.69) is 20.7 Å². The number of nitrogens with two attached hydrogens (primary N) is 1. The lowest BCUT2D eigenvalue weighted by Gasteiger charge is -2.23. The molecular formula is C9H14N6O4S. The molecule has 0 aromatic carbocycles. The van der Waals surface area contributed by atoms with Crippen molar-refractivity contribution >= 4 is 27.2 Å². The Labute approximate surface area is 114 Å². The predicted octanol–water partition coefficient (Wildman–Crippen LogP) is -0.341. The van der Waals surface area contributed by atoms with Gasteiger partial charge in [-0.15, -0.1) is 0 Å². The Bertz CT molecular complexity index is 605. The summed E-state index contributed by atoms with van der Waals surface area (Å²) >= 11 is 0. The van der Waals surface area contributed by atoms with Gasteiger partial charge < -0.3 is 10.7 Å². The molecule has 0 radical (unpaired) electrons. The zero-order chi connectivity index (χ0) is 14.8. The van der Waals surface area contributed by atoms with Gasteiger partial charge in [-0.25, -0.2) is 24.2 Å². The van der Waals surface area contributed by atoms with E-state index in [0.29, 0.717) is 12.8 Å². The summed E-state index contributed by atoms with van der Waals surface area (Å²) in [5.74, 6) is 5.23. The Hall–Kier alpha value is -2.01. The molecule has 0 unspecified atom stereocenters. The van der Waals surface area contributed by atoms with E-state index in [9.17, 15) is 18.5 Å². The van der Waals surface area contributed by atoms with Gasteiger partial charge >= 0.3 is 5.69 Å². The molecule has 110 valence electrons. The fourth-order valence-electron chi connectivity index (χ4n) is 1.99. The van der Waals surface area contributed by atoms with Crippen LogP contribution in [0.15, 0.2) is 6.33 Å². The minimum absolute atomic E-state index is 0.0299. The summed E-state index contributed by atoms with van der Waals surface area (Å²) in [5, 5.41) is 13.9. The van der Waals surface area contributed by atoms with Gasteiger partial charge in [0.25, 0.3) is 0 Å². The first-order chi connectivity index (χ1) is 9.43. The van der Waals surface area contributed by atoms with Crippen molar-refractivity contribution < 1.29 is 13.3 Å². The van der Waals surface area contributed by atoms with Crippen molar-refractivity contribution in [2.45, 2.75) is 18.9 Å². The highest BCUT2D eigenvalue weighted by molar-refractivity contribution is 7.91. The van der Waals surface area contributed by atoms with Crippen molar-refractivity contribution in [3.05, 3.63) is 16.4 Å². The molecule has 0 aliphatic carbocycles. The lowest BCUT2D eigenvalue weighted by Crippen LogP contribution is -2.32. The number of hydrogen-bond donors (Lipinski definition) is 3. The summed E-state index contributed by atoms with van der Waals surface area (Å²) in [6.45, 7) is 0. The van der Waals surface area contributed by atoms with Crippen LogP contribution >= 0.6 is 0 Å². The van der Waals surface area contributed by atoms with Crippen LogP contribution in [0.2, 0.25) is 0 Å². The largest absolute Gasteiger partial charge is 0.361 e. The highest BCUT2D eigenvalue weighted by atomic mass is 32.2. The zero-order valence-electron chi connectivity index (χ0n) is 10.4. The first-order valence-electron chi connectivity index (χ1n) is 5.86. The number of aromatic nitrogens is 2. The van der Waals surface area contributed by atoms with Crippen LogP contribution in [-0.4, -0.2) is 40.9 Å². The normalized spacial score (nSPS) is 18.4. The van der Waals surface area contributed by atoms with Gasteiger partial charge in [-0.1, -0.05) is 0 Å². The van der Waals surface area contributed by atoms with E-state index < -0.39 is 14.8 Å². The van der Waals surface area contributed by atoms with Crippen molar-refractivity contribution in [2.24, 2.45) is 5.84 Å². The number of hydrogen-bond acceptors (Lipinski definition) is 9. The summed E-state index contributed by atoms with van der Waals surface area (Å²) in [7, 11) is -2.99. The van der Waals surface area contributed by atoms with E-state index in [-0.39, 0.29) is 34.9 Å². The molecule has 11 heteroatoms.